The summed E-state index contributed by atoms with van der Waals surface area (Å²) in [5, 5.41) is 2.02. The smallest absolute Gasteiger partial charge is 0.264 e. The van der Waals surface area contributed by atoms with Crippen molar-refractivity contribution in [1.82, 2.24) is 9.80 Å². The van der Waals surface area contributed by atoms with E-state index in [4.69, 9.17) is 0 Å². The molecule has 0 unspecified atom stereocenters. The van der Waals surface area contributed by atoms with E-state index in [-0.39, 0.29) is 5.91 Å². The summed E-state index contributed by atoms with van der Waals surface area (Å²) in [5.41, 5.74) is 1.13. The van der Waals surface area contributed by atoms with E-state index in [1.807, 2.05) is 18.4 Å². The molecule has 0 aromatic carbocycles. The Morgan fingerprint density at radius 2 is 2.00 bits per heavy atom. The first-order valence-electron chi connectivity index (χ1n) is 7.24. The van der Waals surface area contributed by atoms with Gasteiger partial charge in [0.25, 0.3) is 5.91 Å². The van der Waals surface area contributed by atoms with Gasteiger partial charge in [0, 0.05) is 18.6 Å². The van der Waals surface area contributed by atoms with E-state index in [0.717, 1.165) is 23.4 Å². The van der Waals surface area contributed by atoms with Gasteiger partial charge in [0.1, 0.15) is 0 Å². The zero-order valence-corrected chi connectivity index (χ0v) is 12.6. The number of nitrogens with zero attached hydrogens (tertiary/aromatic N) is 2. The third-order valence-corrected chi connectivity index (χ3v) is 5.64. The third kappa shape index (κ3) is 2.32. The maximum atomic E-state index is 12.7. The summed E-state index contributed by atoms with van der Waals surface area (Å²) in [6.07, 6.45) is 4.85. The summed E-state index contributed by atoms with van der Waals surface area (Å²) >= 11 is 1.59. The van der Waals surface area contributed by atoms with Crippen molar-refractivity contribution in [2.75, 3.05) is 20.1 Å². The molecule has 0 bridgehead atoms. The number of rotatable bonds is 2. The molecule has 3 heterocycles. The Bertz CT molecular complexity index is 470. The lowest BCUT2D eigenvalue weighted by Gasteiger charge is -2.33. The quantitative estimate of drug-likeness (QED) is 0.830. The Morgan fingerprint density at radius 3 is 2.63 bits per heavy atom. The standard InChI is InChI=1S/C15H22N2OS/c1-11-7-10-19-14(11)15(18)17-9-4-6-13(17)12-5-3-8-16(12)2/h7,10,12-13H,3-6,8-9H2,1-2H3/t12-,13+/m0/s1. The van der Waals surface area contributed by atoms with Gasteiger partial charge in [0.15, 0.2) is 0 Å². The second kappa shape index (κ2) is 5.25. The van der Waals surface area contributed by atoms with Gasteiger partial charge in [-0.15, -0.1) is 11.3 Å². The van der Waals surface area contributed by atoms with Crippen molar-refractivity contribution in [1.29, 1.82) is 0 Å². The SMILES string of the molecule is Cc1ccsc1C(=O)N1CCC[C@@H]1[C@@H]1CCCN1C. The first-order chi connectivity index (χ1) is 9.18. The molecule has 2 atom stereocenters. The minimum atomic E-state index is 0.260. The van der Waals surface area contributed by atoms with Crippen LogP contribution in [0.15, 0.2) is 11.4 Å². The number of carbonyl (C=O) groups is 1. The molecule has 0 N–H and O–H groups in total. The van der Waals surface area contributed by atoms with Crippen LogP contribution in [-0.2, 0) is 0 Å². The van der Waals surface area contributed by atoms with Gasteiger partial charge in [-0.3, -0.25) is 4.79 Å². The summed E-state index contributed by atoms with van der Waals surface area (Å²) < 4.78 is 0. The summed E-state index contributed by atoms with van der Waals surface area (Å²) in [4.78, 5) is 18.2. The molecule has 2 aliphatic heterocycles. The summed E-state index contributed by atoms with van der Waals surface area (Å²) in [7, 11) is 2.20. The Kier molecular flexibility index (Phi) is 3.63. The molecule has 1 aromatic heterocycles. The number of hydrogen-bond acceptors (Lipinski definition) is 3. The molecule has 1 aromatic rings. The number of hydrogen-bond donors (Lipinski definition) is 0. The molecule has 3 nitrogen and oxygen atoms in total. The second-order valence-electron chi connectivity index (χ2n) is 5.83. The summed E-state index contributed by atoms with van der Waals surface area (Å²) in [6.45, 7) is 4.16. The van der Waals surface area contributed by atoms with E-state index in [1.165, 1.54) is 25.8 Å². The normalized spacial score (nSPS) is 28.2. The molecule has 0 radical (unpaired) electrons. The van der Waals surface area contributed by atoms with Gasteiger partial charge in [0.05, 0.1) is 4.88 Å². The second-order valence-corrected chi connectivity index (χ2v) is 6.75. The van der Waals surface area contributed by atoms with Crippen molar-refractivity contribution in [3.05, 3.63) is 21.9 Å². The van der Waals surface area contributed by atoms with E-state index in [2.05, 4.69) is 16.8 Å². The summed E-state index contributed by atoms with van der Waals surface area (Å²) in [6, 6.07) is 3.05. The maximum Gasteiger partial charge on any atom is 0.264 e. The molecule has 0 saturated carbocycles. The van der Waals surface area contributed by atoms with Crippen molar-refractivity contribution in [2.24, 2.45) is 0 Å². The van der Waals surface area contributed by atoms with Gasteiger partial charge in [-0.2, -0.15) is 0 Å². The van der Waals surface area contributed by atoms with Crippen LogP contribution in [0, 0.1) is 6.92 Å². The highest BCUT2D eigenvalue weighted by Crippen LogP contribution is 2.31. The van der Waals surface area contributed by atoms with Crippen LogP contribution in [0.5, 0.6) is 0 Å². The Hall–Kier alpha value is -0.870. The highest BCUT2D eigenvalue weighted by molar-refractivity contribution is 7.12. The molecule has 104 valence electrons. The van der Waals surface area contributed by atoms with Crippen molar-refractivity contribution in [3.63, 3.8) is 0 Å². The number of aryl methyl sites for hydroxylation is 1. The minimum Gasteiger partial charge on any atom is -0.333 e. The Labute approximate surface area is 119 Å². The predicted molar refractivity (Wildman–Crippen MR) is 78.8 cm³/mol. The van der Waals surface area contributed by atoms with Gasteiger partial charge in [-0.25, -0.2) is 0 Å². The molecule has 2 fully saturated rings. The number of thiophene rings is 1. The van der Waals surface area contributed by atoms with E-state index in [0.29, 0.717) is 12.1 Å². The van der Waals surface area contributed by atoms with E-state index in [1.54, 1.807) is 11.3 Å². The monoisotopic (exact) mass is 278 g/mol. The minimum absolute atomic E-state index is 0.260. The highest BCUT2D eigenvalue weighted by atomic mass is 32.1. The fourth-order valence-electron chi connectivity index (χ4n) is 3.59. The predicted octanol–water partition coefficient (Wildman–Crippen LogP) is 2.76. The number of amides is 1. The van der Waals surface area contributed by atoms with Crippen LogP contribution < -0.4 is 0 Å². The fourth-order valence-corrected chi connectivity index (χ4v) is 4.47. The zero-order chi connectivity index (χ0) is 13.4. The van der Waals surface area contributed by atoms with Gasteiger partial charge in [-0.05, 0) is 63.2 Å². The molecule has 2 saturated heterocycles. The number of likely N-dealkylation sites (tertiary alicyclic amines) is 2. The van der Waals surface area contributed by atoms with Crippen LogP contribution >= 0.6 is 11.3 Å². The first-order valence-corrected chi connectivity index (χ1v) is 8.12. The summed E-state index contributed by atoms with van der Waals surface area (Å²) in [5.74, 6) is 0.260. The highest BCUT2D eigenvalue weighted by Gasteiger charge is 2.39. The molecule has 3 rings (SSSR count). The van der Waals surface area contributed by atoms with Crippen LogP contribution in [-0.4, -0.2) is 47.9 Å². The number of likely N-dealkylation sites (N-methyl/N-ethyl adjacent to an activating group) is 1. The van der Waals surface area contributed by atoms with Gasteiger partial charge in [-0.1, -0.05) is 0 Å². The average Bonchev–Trinajstić information content (AvgIpc) is 3.07. The van der Waals surface area contributed by atoms with Crippen LogP contribution in [0.25, 0.3) is 0 Å². The van der Waals surface area contributed by atoms with Crippen molar-refractivity contribution in [3.8, 4) is 0 Å². The van der Waals surface area contributed by atoms with Crippen LogP contribution in [0.2, 0.25) is 0 Å². The molecule has 0 aliphatic carbocycles. The van der Waals surface area contributed by atoms with Crippen molar-refractivity contribution < 1.29 is 4.79 Å². The van der Waals surface area contributed by atoms with Crippen LogP contribution in [0.3, 0.4) is 0 Å². The topological polar surface area (TPSA) is 23.6 Å². The fraction of sp³-hybridized carbons (Fsp3) is 0.667. The van der Waals surface area contributed by atoms with E-state index >= 15 is 0 Å². The molecule has 19 heavy (non-hydrogen) atoms. The lowest BCUT2D eigenvalue weighted by atomic mass is 10.0. The van der Waals surface area contributed by atoms with Crippen molar-refractivity contribution >= 4 is 17.2 Å². The Morgan fingerprint density at radius 1 is 1.26 bits per heavy atom. The molecular formula is C15H22N2OS. The van der Waals surface area contributed by atoms with Crippen LogP contribution in [0.1, 0.15) is 40.9 Å². The molecule has 4 heteroatoms. The zero-order valence-electron chi connectivity index (χ0n) is 11.8. The molecular weight excluding hydrogens is 256 g/mol. The first kappa shape index (κ1) is 13.1. The van der Waals surface area contributed by atoms with Crippen molar-refractivity contribution in [2.45, 2.75) is 44.7 Å². The Balaban J connectivity index is 1.80. The third-order valence-electron chi connectivity index (χ3n) is 4.64. The lowest BCUT2D eigenvalue weighted by molar-refractivity contribution is 0.0668. The van der Waals surface area contributed by atoms with Gasteiger partial charge >= 0.3 is 0 Å². The number of carbonyl (C=O) groups excluding carboxylic acids is 1. The molecule has 2 aliphatic rings. The lowest BCUT2D eigenvalue weighted by Crippen LogP contribution is -2.47. The maximum absolute atomic E-state index is 12.7. The molecule has 0 spiro atoms. The van der Waals surface area contributed by atoms with Gasteiger partial charge < -0.3 is 9.80 Å². The van der Waals surface area contributed by atoms with Gasteiger partial charge in [0.2, 0.25) is 0 Å². The van der Waals surface area contributed by atoms with E-state index < -0.39 is 0 Å². The average molecular weight is 278 g/mol. The molecule has 1 amide bonds. The largest absolute Gasteiger partial charge is 0.333 e. The van der Waals surface area contributed by atoms with E-state index in [9.17, 15) is 4.79 Å². The van der Waals surface area contributed by atoms with Crippen LogP contribution in [0.4, 0.5) is 0 Å².